The Kier molecular flexibility index (Phi) is 7.47. The van der Waals surface area contributed by atoms with Crippen molar-refractivity contribution in [2.75, 3.05) is 26.4 Å². The summed E-state index contributed by atoms with van der Waals surface area (Å²) in [6, 6.07) is 0. The minimum atomic E-state index is -4.44. The van der Waals surface area contributed by atoms with E-state index in [0.29, 0.717) is 4.88 Å². The Morgan fingerprint density at radius 1 is 1.04 bits per heavy atom. The van der Waals surface area contributed by atoms with Crippen molar-refractivity contribution < 1.29 is 27.6 Å². The van der Waals surface area contributed by atoms with Crippen LogP contribution in [0.2, 0.25) is 0 Å². The molecule has 0 atom stereocenters. The van der Waals surface area contributed by atoms with Crippen molar-refractivity contribution >= 4 is 21.5 Å². The number of aliphatic hydroxyl groups excluding tert-OH is 1. The van der Waals surface area contributed by atoms with Crippen LogP contribution in [0.4, 0.5) is 0 Å². The Morgan fingerprint density at radius 2 is 1.64 bits per heavy atom. The first-order valence-corrected chi connectivity index (χ1v) is 10.6. The molecule has 2 N–H and O–H groups in total. The fourth-order valence-corrected chi connectivity index (χ4v) is 5.02. The largest absolute Gasteiger partial charge is 0.489 e. The number of thiophene rings is 1. The maximum atomic E-state index is 12.1. The molecule has 0 aliphatic rings. The highest BCUT2D eigenvalue weighted by Gasteiger charge is 2.38. The zero-order chi connectivity index (χ0) is 19.5. The predicted octanol–water partition coefficient (Wildman–Crippen LogP) is 3.37. The highest BCUT2D eigenvalue weighted by atomic mass is 32.2. The van der Waals surface area contributed by atoms with E-state index >= 15 is 0 Å². The summed E-state index contributed by atoms with van der Waals surface area (Å²) < 4.78 is 45.0. The Balaban J connectivity index is 3.44. The Hall–Kier alpha value is -0.670. The minimum absolute atomic E-state index is 0.0865. The zero-order valence-corrected chi connectivity index (χ0v) is 17.5. The molecule has 0 spiro atoms. The van der Waals surface area contributed by atoms with E-state index in [1.807, 2.05) is 41.5 Å². The molecule has 0 saturated carbocycles. The van der Waals surface area contributed by atoms with Gasteiger partial charge in [-0.1, -0.05) is 41.5 Å². The second-order valence-corrected chi connectivity index (χ2v) is 9.94. The van der Waals surface area contributed by atoms with Crippen LogP contribution in [-0.4, -0.2) is 44.5 Å². The van der Waals surface area contributed by atoms with Gasteiger partial charge >= 0.3 is 0 Å². The van der Waals surface area contributed by atoms with Crippen LogP contribution in [0.15, 0.2) is 4.90 Å². The topological polar surface area (TPSA) is 93.1 Å². The zero-order valence-electron chi connectivity index (χ0n) is 15.9. The molecular formula is C17H30O6S2. The fourth-order valence-electron chi connectivity index (χ4n) is 2.24. The Morgan fingerprint density at radius 3 is 2.08 bits per heavy atom. The Labute approximate surface area is 154 Å². The molecule has 1 aromatic rings. The van der Waals surface area contributed by atoms with Crippen LogP contribution < -0.4 is 4.74 Å². The number of hydrogen-bond acceptors (Lipinski definition) is 6. The van der Waals surface area contributed by atoms with E-state index in [-0.39, 0.29) is 42.5 Å². The van der Waals surface area contributed by atoms with Gasteiger partial charge in [0, 0.05) is 10.3 Å². The predicted molar refractivity (Wildman–Crippen MR) is 99.6 cm³/mol. The van der Waals surface area contributed by atoms with Crippen LogP contribution in [-0.2, 0) is 25.7 Å². The molecule has 0 unspecified atom stereocenters. The molecule has 0 radical (unpaired) electrons. The number of ether oxygens (including phenoxy) is 2. The van der Waals surface area contributed by atoms with Crippen molar-refractivity contribution in [1.29, 1.82) is 0 Å². The monoisotopic (exact) mass is 394 g/mol. The van der Waals surface area contributed by atoms with Crippen LogP contribution in [0.1, 0.15) is 57.7 Å². The summed E-state index contributed by atoms with van der Waals surface area (Å²) in [5, 5.41) is 8.73. The van der Waals surface area contributed by atoms with Gasteiger partial charge in [-0.15, -0.1) is 11.3 Å². The van der Waals surface area contributed by atoms with E-state index < -0.39 is 15.5 Å². The quantitative estimate of drug-likeness (QED) is 0.493. The summed E-state index contributed by atoms with van der Waals surface area (Å²) >= 11 is 1.37. The van der Waals surface area contributed by atoms with Gasteiger partial charge in [0.1, 0.15) is 6.61 Å². The van der Waals surface area contributed by atoms with Gasteiger partial charge in [0.15, 0.2) is 10.6 Å². The maximum absolute atomic E-state index is 12.1. The lowest BCUT2D eigenvalue weighted by Crippen LogP contribution is -2.18. The van der Waals surface area contributed by atoms with Crippen molar-refractivity contribution in [3.05, 3.63) is 9.75 Å². The normalized spacial score (nSPS) is 13.3. The summed E-state index contributed by atoms with van der Waals surface area (Å²) in [5.74, 6) is 0.212. The van der Waals surface area contributed by atoms with E-state index in [1.54, 1.807) is 0 Å². The molecule has 0 amide bonds. The molecule has 6 nitrogen and oxygen atoms in total. The van der Waals surface area contributed by atoms with E-state index in [1.165, 1.54) is 11.3 Å². The number of rotatable bonds is 9. The molecule has 0 bridgehead atoms. The van der Waals surface area contributed by atoms with Crippen LogP contribution in [0.3, 0.4) is 0 Å². The van der Waals surface area contributed by atoms with Crippen LogP contribution in [0.25, 0.3) is 0 Å². The summed E-state index contributed by atoms with van der Waals surface area (Å²) in [5.41, 5.74) is -0.752. The van der Waals surface area contributed by atoms with Crippen LogP contribution >= 0.6 is 11.3 Å². The third-order valence-electron chi connectivity index (χ3n) is 3.97. The molecule has 0 saturated heterocycles. The molecule has 146 valence electrons. The summed E-state index contributed by atoms with van der Waals surface area (Å²) in [7, 11) is -4.44. The average molecular weight is 395 g/mol. The highest BCUT2D eigenvalue weighted by molar-refractivity contribution is 7.86. The van der Waals surface area contributed by atoms with Crippen molar-refractivity contribution in [3.8, 4) is 5.75 Å². The van der Waals surface area contributed by atoms with Gasteiger partial charge < -0.3 is 14.6 Å². The minimum Gasteiger partial charge on any atom is -0.489 e. The smallest absolute Gasteiger partial charge is 0.299 e. The SMILES string of the molecule is CCC(C)(C)c1sc(C(C)(C)C)c(OCCOCCO)c1S(=O)(=O)O. The molecular weight excluding hydrogens is 364 g/mol. The van der Waals surface area contributed by atoms with E-state index in [2.05, 4.69) is 0 Å². The second kappa shape index (κ2) is 8.35. The lowest BCUT2D eigenvalue weighted by molar-refractivity contribution is 0.0695. The van der Waals surface area contributed by atoms with Gasteiger partial charge in [-0.05, 0) is 11.8 Å². The van der Waals surface area contributed by atoms with Crippen molar-refractivity contribution in [2.45, 2.75) is 63.7 Å². The number of hydrogen-bond donors (Lipinski definition) is 2. The number of aliphatic hydroxyl groups is 1. The standard InChI is InChI=1S/C17H30O6S2/c1-7-17(5,6)15-13(25(19,20)21)12(14(24-15)16(2,3)4)23-11-10-22-9-8-18/h18H,7-11H2,1-6H3,(H,19,20,21). The Bertz CT molecular complexity index is 668. The summed E-state index contributed by atoms with van der Waals surface area (Å²) in [6.07, 6.45) is 0.721. The third kappa shape index (κ3) is 5.65. The first-order chi connectivity index (χ1) is 11.4. The van der Waals surface area contributed by atoms with E-state index in [9.17, 15) is 13.0 Å². The third-order valence-corrected chi connectivity index (χ3v) is 6.97. The van der Waals surface area contributed by atoms with Crippen molar-refractivity contribution in [3.63, 3.8) is 0 Å². The van der Waals surface area contributed by atoms with Gasteiger partial charge in [-0.3, -0.25) is 4.55 Å². The van der Waals surface area contributed by atoms with Crippen LogP contribution in [0.5, 0.6) is 5.75 Å². The molecule has 0 aromatic carbocycles. The molecule has 8 heteroatoms. The fraction of sp³-hybridized carbons (Fsp3) is 0.765. The van der Waals surface area contributed by atoms with Gasteiger partial charge in [0.05, 0.1) is 24.7 Å². The molecule has 1 rings (SSSR count). The second-order valence-electron chi connectivity index (χ2n) is 7.57. The maximum Gasteiger partial charge on any atom is 0.299 e. The van der Waals surface area contributed by atoms with E-state index in [0.717, 1.165) is 11.3 Å². The molecule has 1 aromatic heterocycles. The van der Waals surface area contributed by atoms with Crippen molar-refractivity contribution in [1.82, 2.24) is 0 Å². The van der Waals surface area contributed by atoms with E-state index in [4.69, 9.17) is 14.6 Å². The first-order valence-electron chi connectivity index (χ1n) is 8.33. The van der Waals surface area contributed by atoms with Gasteiger partial charge in [0.2, 0.25) is 0 Å². The highest BCUT2D eigenvalue weighted by Crippen LogP contribution is 2.49. The summed E-state index contributed by atoms with van der Waals surface area (Å²) in [4.78, 5) is 1.25. The molecule has 25 heavy (non-hydrogen) atoms. The lowest BCUT2D eigenvalue weighted by Gasteiger charge is -2.22. The molecule has 0 aliphatic carbocycles. The first kappa shape index (κ1) is 22.4. The van der Waals surface area contributed by atoms with Crippen LogP contribution in [0, 0.1) is 0 Å². The molecule has 0 aliphatic heterocycles. The van der Waals surface area contributed by atoms with Gasteiger partial charge in [-0.25, -0.2) is 0 Å². The van der Waals surface area contributed by atoms with Crippen molar-refractivity contribution in [2.24, 2.45) is 0 Å². The summed E-state index contributed by atoms with van der Waals surface area (Å²) in [6.45, 7) is 12.3. The molecule has 1 heterocycles. The lowest BCUT2D eigenvalue weighted by atomic mass is 9.88. The van der Waals surface area contributed by atoms with Gasteiger partial charge in [0.25, 0.3) is 10.1 Å². The van der Waals surface area contributed by atoms with Gasteiger partial charge in [-0.2, -0.15) is 8.42 Å². The molecule has 0 fully saturated rings. The average Bonchev–Trinajstić information content (AvgIpc) is 2.87.